The van der Waals surface area contributed by atoms with Crippen LogP contribution in [0.3, 0.4) is 0 Å². The molecule has 2 unspecified atom stereocenters. The Labute approximate surface area is 109 Å². The van der Waals surface area contributed by atoms with Crippen molar-refractivity contribution in [3.8, 4) is 5.88 Å². The summed E-state index contributed by atoms with van der Waals surface area (Å²) in [5.41, 5.74) is 16.8. The maximum absolute atomic E-state index is 12.6. The minimum atomic E-state index is -1.82. The van der Waals surface area contributed by atoms with E-state index in [2.05, 4.69) is 45.1 Å². The summed E-state index contributed by atoms with van der Waals surface area (Å²) in [6.07, 6.45) is -1.64. The number of ether oxygens (including phenoxy) is 1. The van der Waals surface area contributed by atoms with Crippen LogP contribution < -0.4 is 9.55 Å². The normalized spacial score (nSPS) is 24.1. The van der Waals surface area contributed by atoms with Crippen LogP contribution in [0.2, 0.25) is 0 Å². The highest BCUT2D eigenvalue weighted by molar-refractivity contribution is 5.90. The van der Waals surface area contributed by atoms with Crippen molar-refractivity contribution in [3.05, 3.63) is 26.1 Å². The smallest absolute Gasteiger partial charge is 0.375 e. The first kappa shape index (κ1) is 13.4. The standard InChI is InChI=1S/C6H6N10O4/c1-2-18-6-5(12-19-13-6)16(17)4(10-15-8)3(9-14-7)11-20-16/h4H,2H2,1H3. The number of hydrogen-bond donors (Lipinski definition) is 0. The molecule has 1 aromatic rings. The molecule has 2 heterocycles. The van der Waals surface area contributed by atoms with Gasteiger partial charge in [-0.1, -0.05) is 4.81 Å². The molecule has 2 rings (SSSR count). The van der Waals surface area contributed by atoms with Crippen molar-refractivity contribution in [2.75, 3.05) is 6.61 Å². The van der Waals surface area contributed by atoms with Crippen LogP contribution >= 0.6 is 0 Å². The number of hydrogen-bond acceptors (Lipinski definition) is 9. The predicted molar refractivity (Wildman–Crippen MR) is 61.2 cm³/mol. The summed E-state index contributed by atoms with van der Waals surface area (Å²) >= 11 is 0. The van der Waals surface area contributed by atoms with E-state index in [1.807, 2.05) is 0 Å². The molecule has 2 atom stereocenters. The Bertz CT molecular complexity index is 627. The zero-order chi connectivity index (χ0) is 14.6. The summed E-state index contributed by atoms with van der Waals surface area (Å²) in [5.74, 6) is -1.17. The summed E-state index contributed by atoms with van der Waals surface area (Å²) in [6.45, 7) is 1.82. The van der Waals surface area contributed by atoms with Gasteiger partial charge in [-0.25, -0.2) is 4.63 Å². The lowest BCUT2D eigenvalue weighted by Gasteiger charge is -2.30. The van der Waals surface area contributed by atoms with Crippen LogP contribution in [0.4, 0.5) is 5.82 Å². The van der Waals surface area contributed by atoms with Crippen LogP contribution in [0, 0.1) is 5.21 Å². The largest absolute Gasteiger partial charge is 0.580 e. The Morgan fingerprint density at radius 2 is 2.25 bits per heavy atom. The van der Waals surface area contributed by atoms with Gasteiger partial charge in [-0.3, -0.25) is 0 Å². The summed E-state index contributed by atoms with van der Waals surface area (Å²) in [5, 5.41) is 28.9. The first-order valence-electron chi connectivity index (χ1n) is 5.09. The van der Waals surface area contributed by atoms with Crippen molar-refractivity contribution in [2.45, 2.75) is 13.1 Å². The molecule has 1 aromatic heterocycles. The summed E-state index contributed by atoms with van der Waals surface area (Å²) in [7, 11) is 0. The second-order valence-electron chi connectivity index (χ2n) is 3.22. The molecule has 0 spiro atoms. The molecule has 0 fully saturated rings. The molecule has 0 saturated heterocycles. The van der Waals surface area contributed by atoms with Gasteiger partial charge in [0.1, 0.15) is 0 Å². The fraction of sp³-hybridized carbons (Fsp3) is 0.500. The molecular weight excluding hydrogens is 276 g/mol. The second-order valence-corrected chi connectivity index (χ2v) is 3.22. The average molecular weight is 282 g/mol. The minimum absolute atomic E-state index is 0.178. The van der Waals surface area contributed by atoms with Crippen LogP contribution in [-0.2, 0) is 4.94 Å². The fourth-order valence-electron chi connectivity index (χ4n) is 1.38. The predicted octanol–water partition coefficient (Wildman–Crippen LogP) is 1.48. The molecule has 0 saturated carbocycles. The van der Waals surface area contributed by atoms with Crippen molar-refractivity contribution in [1.29, 1.82) is 0 Å². The molecule has 0 bridgehead atoms. The van der Waals surface area contributed by atoms with Gasteiger partial charge in [0.2, 0.25) is 5.84 Å². The highest BCUT2D eigenvalue weighted by Crippen LogP contribution is 2.36. The minimum Gasteiger partial charge on any atom is -0.580 e. The third-order valence-electron chi connectivity index (χ3n) is 2.14. The monoisotopic (exact) mass is 282 g/mol. The van der Waals surface area contributed by atoms with E-state index >= 15 is 0 Å². The van der Waals surface area contributed by atoms with Crippen molar-refractivity contribution in [1.82, 2.24) is 15.1 Å². The highest BCUT2D eigenvalue weighted by Gasteiger charge is 2.49. The summed E-state index contributed by atoms with van der Waals surface area (Å²) in [4.78, 5) is 7.70. The third-order valence-corrected chi connectivity index (χ3v) is 2.14. The van der Waals surface area contributed by atoms with Gasteiger partial charge < -0.3 is 9.94 Å². The maximum atomic E-state index is 12.6. The Morgan fingerprint density at radius 3 is 2.90 bits per heavy atom. The van der Waals surface area contributed by atoms with Gasteiger partial charge in [0, 0.05) is 15.0 Å². The Balaban J connectivity index is 2.46. The summed E-state index contributed by atoms with van der Waals surface area (Å²) < 4.78 is 9.41. The van der Waals surface area contributed by atoms with E-state index < -0.39 is 22.6 Å². The van der Waals surface area contributed by atoms with E-state index in [0.717, 1.165) is 0 Å². The molecular formula is C6H6N10O4. The molecule has 14 nitrogen and oxygen atoms in total. The number of rotatable bonds is 4. The summed E-state index contributed by atoms with van der Waals surface area (Å²) in [6, 6.07) is 0. The van der Waals surface area contributed by atoms with E-state index in [-0.39, 0.29) is 12.5 Å². The van der Waals surface area contributed by atoms with Crippen molar-refractivity contribution >= 4 is 11.7 Å². The SMILES string of the molecule is CCOc1nonc1[N+]1([O-])ON=C(N=[N+]=[N-])C1N=[N+]=[N-]. The molecule has 0 N–H and O–H groups in total. The molecule has 0 aliphatic carbocycles. The quantitative estimate of drug-likeness (QED) is 0.264. The molecule has 104 valence electrons. The fourth-order valence-corrected chi connectivity index (χ4v) is 1.38. The van der Waals surface area contributed by atoms with E-state index in [1.54, 1.807) is 6.92 Å². The molecule has 0 radical (unpaired) electrons. The van der Waals surface area contributed by atoms with E-state index in [4.69, 9.17) is 15.8 Å². The van der Waals surface area contributed by atoms with E-state index in [9.17, 15) is 5.21 Å². The van der Waals surface area contributed by atoms with Gasteiger partial charge in [0.15, 0.2) is 0 Å². The molecule has 20 heavy (non-hydrogen) atoms. The van der Waals surface area contributed by atoms with E-state index in [1.165, 1.54) is 0 Å². The number of hydroxylamine groups is 2. The topological polar surface area (TPSA) is 190 Å². The first-order chi connectivity index (χ1) is 9.67. The molecule has 0 aromatic carbocycles. The zero-order valence-corrected chi connectivity index (χ0v) is 9.89. The lowest BCUT2D eigenvalue weighted by molar-refractivity contribution is -0.105. The molecule has 14 heteroatoms. The van der Waals surface area contributed by atoms with Gasteiger partial charge in [-0.2, -0.15) is 4.94 Å². The van der Waals surface area contributed by atoms with Crippen LogP contribution in [0.25, 0.3) is 20.9 Å². The lowest BCUT2D eigenvalue weighted by atomic mass is 10.4. The van der Waals surface area contributed by atoms with Crippen molar-refractivity contribution in [3.63, 3.8) is 0 Å². The van der Waals surface area contributed by atoms with Crippen LogP contribution in [0.15, 0.2) is 20.0 Å². The molecule has 1 aliphatic rings. The van der Waals surface area contributed by atoms with Gasteiger partial charge in [0.05, 0.1) is 6.61 Å². The number of aromatic nitrogens is 2. The van der Waals surface area contributed by atoms with Gasteiger partial charge in [0.25, 0.3) is 6.17 Å². The Morgan fingerprint density at radius 1 is 1.45 bits per heavy atom. The van der Waals surface area contributed by atoms with Crippen LogP contribution in [0.5, 0.6) is 5.88 Å². The van der Waals surface area contributed by atoms with Gasteiger partial charge >= 0.3 is 11.7 Å². The number of amidine groups is 1. The molecule has 0 amide bonds. The molecule has 1 aliphatic heterocycles. The number of azide groups is 2. The number of nitrogens with zero attached hydrogens (tertiary/aromatic N) is 10. The van der Waals surface area contributed by atoms with Gasteiger partial charge in [-0.15, -0.1) is 0 Å². The zero-order valence-electron chi connectivity index (χ0n) is 9.89. The van der Waals surface area contributed by atoms with Gasteiger partial charge in [-0.05, 0) is 38.5 Å². The van der Waals surface area contributed by atoms with E-state index in [0.29, 0.717) is 0 Å². The van der Waals surface area contributed by atoms with Crippen molar-refractivity contribution < 1.29 is 14.3 Å². The number of quaternary nitrogens is 1. The Hall–Kier alpha value is -3.05. The third kappa shape index (κ3) is 2.02. The van der Waals surface area contributed by atoms with Crippen molar-refractivity contribution in [2.24, 2.45) is 15.4 Å². The second kappa shape index (κ2) is 5.29. The average Bonchev–Trinajstić information content (AvgIpc) is 3.00. The van der Waals surface area contributed by atoms with Crippen LogP contribution in [0.1, 0.15) is 6.92 Å². The first-order valence-corrected chi connectivity index (χ1v) is 5.09. The lowest BCUT2D eigenvalue weighted by Crippen LogP contribution is -2.49. The maximum Gasteiger partial charge on any atom is 0.375 e. The Kier molecular flexibility index (Phi) is 3.54. The highest BCUT2D eigenvalue weighted by atomic mass is 17.0. The number of oxime groups is 1. The van der Waals surface area contributed by atoms with Crippen LogP contribution in [-0.4, -0.2) is 28.9 Å².